The number of benzene rings is 1. The Morgan fingerprint density at radius 3 is 2.87 bits per heavy atom. The molecule has 0 aliphatic carbocycles. The summed E-state index contributed by atoms with van der Waals surface area (Å²) >= 11 is 0. The summed E-state index contributed by atoms with van der Waals surface area (Å²) in [6.07, 6.45) is 2.11. The molecule has 1 heterocycles. The van der Waals surface area contributed by atoms with E-state index in [2.05, 4.69) is 5.32 Å². The Kier molecular flexibility index (Phi) is 2.55. The van der Waals surface area contributed by atoms with Crippen LogP contribution < -0.4 is 5.32 Å². The van der Waals surface area contributed by atoms with Crippen molar-refractivity contribution in [1.29, 1.82) is 0 Å². The molecule has 1 unspecified atom stereocenters. The number of aromatic hydroxyl groups is 1. The first-order valence-electron chi connectivity index (χ1n) is 4.89. The van der Waals surface area contributed by atoms with Crippen LogP contribution in [0.3, 0.4) is 0 Å². The summed E-state index contributed by atoms with van der Waals surface area (Å²) in [5.74, 6) is -0.258. The molecule has 0 bridgehead atoms. The van der Waals surface area contributed by atoms with Gasteiger partial charge < -0.3 is 10.4 Å². The molecule has 0 aromatic heterocycles. The highest BCUT2D eigenvalue weighted by molar-refractivity contribution is 5.48. The Morgan fingerprint density at radius 2 is 2.33 bits per heavy atom. The monoisotopic (exact) mass is 208 g/mol. The summed E-state index contributed by atoms with van der Waals surface area (Å²) in [7, 11) is 0. The lowest BCUT2D eigenvalue weighted by atomic mass is 10.0. The molecule has 5 nitrogen and oxygen atoms in total. The molecule has 15 heavy (non-hydrogen) atoms. The van der Waals surface area contributed by atoms with Gasteiger partial charge in [0.25, 0.3) is 0 Å². The minimum Gasteiger partial charge on any atom is -0.502 e. The molecule has 1 aromatic carbocycles. The van der Waals surface area contributed by atoms with E-state index >= 15 is 0 Å². The van der Waals surface area contributed by atoms with Crippen molar-refractivity contribution in [3.8, 4) is 5.75 Å². The molecule has 1 fully saturated rings. The van der Waals surface area contributed by atoms with Crippen LogP contribution in [-0.2, 0) is 0 Å². The largest absolute Gasteiger partial charge is 0.502 e. The minimum atomic E-state index is -0.582. The van der Waals surface area contributed by atoms with Crippen molar-refractivity contribution in [3.05, 3.63) is 33.9 Å². The number of hydrogen-bond donors (Lipinski definition) is 2. The van der Waals surface area contributed by atoms with Gasteiger partial charge in [-0.1, -0.05) is 6.07 Å². The Bertz CT molecular complexity index is 386. The van der Waals surface area contributed by atoms with E-state index in [1.54, 1.807) is 6.07 Å². The number of nitrogens with zero attached hydrogens (tertiary/aromatic N) is 1. The van der Waals surface area contributed by atoms with Crippen molar-refractivity contribution < 1.29 is 10.0 Å². The first-order chi connectivity index (χ1) is 7.18. The van der Waals surface area contributed by atoms with Crippen molar-refractivity contribution >= 4 is 5.69 Å². The van der Waals surface area contributed by atoms with Crippen LogP contribution in [0.1, 0.15) is 24.4 Å². The molecular weight excluding hydrogens is 196 g/mol. The lowest BCUT2D eigenvalue weighted by Gasteiger charge is -2.10. The van der Waals surface area contributed by atoms with Gasteiger partial charge in [-0.15, -0.1) is 0 Å². The molecule has 1 aliphatic heterocycles. The van der Waals surface area contributed by atoms with Crippen molar-refractivity contribution in [2.45, 2.75) is 18.9 Å². The van der Waals surface area contributed by atoms with Gasteiger partial charge in [-0.3, -0.25) is 10.1 Å². The van der Waals surface area contributed by atoms with Crippen LogP contribution in [0, 0.1) is 10.1 Å². The van der Waals surface area contributed by atoms with Gasteiger partial charge in [-0.05, 0) is 31.0 Å². The van der Waals surface area contributed by atoms with Gasteiger partial charge in [-0.25, -0.2) is 0 Å². The summed E-state index contributed by atoms with van der Waals surface area (Å²) in [4.78, 5) is 9.90. The standard InChI is InChI=1S/C10H12N2O3/c13-10-6-7(8-2-1-5-11-8)3-4-9(10)12(14)15/h3-4,6,8,11,13H,1-2,5H2. The number of nitro groups is 1. The molecule has 5 heteroatoms. The van der Waals surface area contributed by atoms with Gasteiger partial charge >= 0.3 is 5.69 Å². The average Bonchev–Trinajstić information content (AvgIpc) is 2.69. The Balaban J connectivity index is 2.28. The van der Waals surface area contributed by atoms with Crippen molar-refractivity contribution in [1.82, 2.24) is 5.32 Å². The fourth-order valence-electron chi connectivity index (χ4n) is 1.88. The second-order valence-corrected chi connectivity index (χ2v) is 3.65. The molecular formula is C10H12N2O3. The third kappa shape index (κ3) is 1.92. The predicted octanol–water partition coefficient (Wildman–Crippen LogP) is 1.72. The smallest absolute Gasteiger partial charge is 0.310 e. The van der Waals surface area contributed by atoms with E-state index in [1.807, 2.05) is 0 Å². The zero-order valence-electron chi connectivity index (χ0n) is 8.14. The molecule has 0 spiro atoms. The molecule has 0 saturated carbocycles. The third-order valence-electron chi connectivity index (χ3n) is 2.66. The molecule has 1 aliphatic rings. The molecule has 2 N–H and O–H groups in total. The minimum absolute atomic E-state index is 0.219. The first kappa shape index (κ1) is 9.92. The molecule has 1 atom stereocenters. The number of phenolic OH excluding ortho intramolecular Hbond substituents is 1. The third-order valence-corrected chi connectivity index (χ3v) is 2.66. The highest BCUT2D eigenvalue weighted by Gasteiger charge is 2.19. The molecule has 0 radical (unpaired) electrons. The van der Waals surface area contributed by atoms with Crippen LogP contribution in [0.2, 0.25) is 0 Å². The number of rotatable bonds is 2. The lowest BCUT2D eigenvalue weighted by molar-refractivity contribution is -0.385. The normalized spacial score (nSPS) is 20.4. The van der Waals surface area contributed by atoms with Gasteiger partial charge in [0.15, 0.2) is 5.75 Å². The van der Waals surface area contributed by atoms with Crippen LogP contribution in [0.4, 0.5) is 5.69 Å². The van der Waals surface area contributed by atoms with E-state index < -0.39 is 4.92 Å². The Hall–Kier alpha value is -1.62. The van der Waals surface area contributed by atoms with E-state index in [0.29, 0.717) is 0 Å². The van der Waals surface area contributed by atoms with Gasteiger partial charge in [0.2, 0.25) is 0 Å². The van der Waals surface area contributed by atoms with E-state index in [1.165, 1.54) is 12.1 Å². The number of phenols is 1. The molecule has 0 amide bonds. The zero-order valence-corrected chi connectivity index (χ0v) is 8.14. The second-order valence-electron chi connectivity index (χ2n) is 3.65. The van der Waals surface area contributed by atoms with E-state index in [0.717, 1.165) is 24.9 Å². The predicted molar refractivity (Wildman–Crippen MR) is 54.7 cm³/mol. The molecule has 2 rings (SSSR count). The summed E-state index contributed by atoms with van der Waals surface area (Å²) in [6.45, 7) is 0.961. The molecule has 1 saturated heterocycles. The average molecular weight is 208 g/mol. The summed E-state index contributed by atoms with van der Waals surface area (Å²) in [5.41, 5.74) is 0.673. The maximum atomic E-state index is 10.5. The topological polar surface area (TPSA) is 75.4 Å². The maximum absolute atomic E-state index is 10.5. The summed E-state index contributed by atoms with van der Waals surface area (Å²) < 4.78 is 0. The Morgan fingerprint density at radius 1 is 1.53 bits per heavy atom. The van der Waals surface area contributed by atoms with Gasteiger partial charge in [0.1, 0.15) is 0 Å². The van der Waals surface area contributed by atoms with Crippen LogP contribution in [-0.4, -0.2) is 16.6 Å². The first-order valence-corrected chi connectivity index (χ1v) is 4.89. The fourth-order valence-corrected chi connectivity index (χ4v) is 1.88. The van der Waals surface area contributed by atoms with Gasteiger partial charge in [0, 0.05) is 12.1 Å². The molecule has 80 valence electrons. The van der Waals surface area contributed by atoms with Crippen molar-refractivity contribution in [3.63, 3.8) is 0 Å². The maximum Gasteiger partial charge on any atom is 0.310 e. The van der Waals surface area contributed by atoms with E-state index in [-0.39, 0.29) is 17.5 Å². The Labute approximate surface area is 86.9 Å². The lowest BCUT2D eigenvalue weighted by Crippen LogP contribution is -2.12. The zero-order chi connectivity index (χ0) is 10.8. The van der Waals surface area contributed by atoms with Gasteiger partial charge in [0.05, 0.1) is 4.92 Å². The quantitative estimate of drug-likeness (QED) is 0.573. The summed E-state index contributed by atoms with van der Waals surface area (Å²) in [6, 6.07) is 4.74. The van der Waals surface area contributed by atoms with E-state index in [9.17, 15) is 15.2 Å². The highest BCUT2D eigenvalue weighted by atomic mass is 16.6. The van der Waals surface area contributed by atoms with E-state index in [4.69, 9.17) is 0 Å². The van der Waals surface area contributed by atoms with Gasteiger partial charge in [-0.2, -0.15) is 0 Å². The number of hydrogen-bond acceptors (Lipinski definition) is 4. The second kappa shape index (κ2) is 3.86. The van der Waals surface area contributed by atoms with Crippen molar-refractivity contribution in [2.75, 3.05) is 6.54 Å². The van der Waals surface area contributed by atoms with Crippen LogP contribution in [0.25, 0.3) is 0 Å². The molecule has 1 aromatic rings. The van der Waals surface area contributed by atoms with Crippen LogP contribution in [0.5, 0.6) is 5.75 Å². The SMILES string of the molecule is O=[N+]([O-])c1ccc(C2CCCN2)cc1O. The van der Waals surface area contributed by atoms with Crippen LogP contribution in [0.15, 0.2) is 18.2 Å². The number of nitro benzene ring substituents is 1. The van der Waals surface area contributed by atoms with Crippen molar-refractivity contribution in [2.24, 2.45) is 0 Å². The number of nitrogens with one attached hydrogen (secondary N) is 1. The van der Waals surface area contributed by atoms with Crippen LogP contribution >= 0.6 is 0 Å². The highest BCUT2D eigenvalue weighted by Crippen LogP contribution is 2.31. The summed E-state index contributed by atoms with van der Waals surface area (Å²) in [5, 5.41) is 23.2. The fraction of sp³-hybridized carbons (Fsp3) is 0.400.